The summed E-state index contributed by atoms with van der Waals surface area (Å²) in [6.07, 6.45) is 0.531. The number of nitrogens with zero attached hydrogens (tertiary/aromatic N) is 2. The Morgan fingerprint density at radius 2 is 1.50 bits per heavy atom. The zero-order chi connectivity index (χ0) is 16.1. The Labute approximate surface area is 134 Å². The molecule has 22 heavy (non-hydrogen) atoms. The van der Waals surface area contributed by atoms with Crippen molar-refractivity contribution < 1.29 is 14.4 Å². The fourth-order valence-corrected chi connectivity index (χ4v) is 2.50. The molecule has 1 aromatic rings. The van der Waals surface area contributed by atoms with Crippen LogP contribution < -0.4 is 0 Å². The molecule has 0 saturated carbocycles. The molecule has 0 bridgehead atoms. The summed E-state index contributed by atoms with van der Waals surface area (Å²) in [5.74, 6) is -0.0498. The number of ketones is 1. The second kappa shape index (κ2) is 7.40. The first-order chi connectivity index (χ1) is 10.5. The van der Waals surface area contributed by atoms with Gasteiger partial charge in [-0.3, -0.25) is 9.59 Å². The third kappa shape index (κ3) is 4.31. The summed E-state index contributed by atoms with van der Waals surface area (Å²) in [4.78, 5) is 38.7. The second-order valence-corrected chi connectivity index (χ2v) is 5.82. The Bertz CT molecular complexity index is 563. The van der Waals surface area contributed by atoms with E-state index in [0.717, 1.165) is 0 Å². The lowest BCUT2D eigenvalue weighted by atomic mass is 10.1. The minimum Gasteiger partial charge on any atom is -0.339 e. The zero-order valence-corrected chi connectivity index (χ0v) is 13.3. The predicted molar refractivity (Wildman–Crippen MR) is 83.9 cm³/mol. The molecular formula is C16H19ClN2O3. The van der Waals surface area contributed by atoms with Gasteiger partial charge in [-0.05, 0) is 31.2 Å². The maximum atomic E-state index is 12.3. The third-order valence-corrected chi connectivity index (χ3v) is 3.95. The molecule has 1 aromatic carbocycles. The molecular weight excluding hydrogens is 304 g/mol. The van der Waals surface area contributed by atoms with Gasteiger partial charge in [0, 0.05) is 49.6 Å². The molecule has 1 aliphatic heterocycles. The first-order valence-corrected chi connectivity index (χ1v) is 7.67. The first-order valence-electron chi connectivity index (χ1n) is 7.29. The van der Waals surface area contributed by atoms with E-state index in [-0.39, 0.29) is 30.4 Å². The van der Waals surface area contributed by atoms with Gasteiger partial charge in [-0.15, -0.1) is 0 Å². The molecule has 0 spiro atoms. The number of Topliss-reactive ketones (excluding diaryl/α,β-unsaturated/α-hetero) is 1. The second-order valence-electron chi connectivity index (χ2n) is 5.38. The molecule has 0 aromatic heterocycles. The maximum absolute atomic E-state index is 12.3. The van der Waals surface area contributed by atoms with E-state index >= 15 is 0 Å². The molecule has 5 nitrogen and oxygen atoms in total. The molecule has 0 atom stereocenters. The molecule has 0 unspecified atom stereocenters. The van der Waals surface area contributed by atoms with Gasteiger partial charge in [0.25, 0.3) is 5.91 Å². The van der Waals surface area contributed by atoms with Crippen LogP contribution in [0.3, 0.4) is 0 Å². The van der Waals surface area contributed by atoms with Gasteiger partial charge < -0.3 is 14.6 Å². The van der Waals surface area contributed by atoms with E-state index in [9.17, 15) is 14.4 Å². The standard InChI is InChI=1S/C16H19ClN2O3/c1-12(20)2-7-15(21)18-8-10-19(11-9-18)16(22)13-3-5-14(17)6-4-13/h3-6H,2,7-11H2,1H3. The Morgan fingerprint density at radius 3 is 2.05 bits per heavy atom. The molecule has 0 aliphatic carbocycles. The fourth-order valence-electron chi connectivity index (χ4n) is 2.38. The van der Waals surface area contributed by atoms with Gasteiger partial charge in [-0.2, -0.15) is 0 Å². The summed E-state index contributed by atoms with van der Waals surface area (Å²) >= 11 is 5.81. The van der Waals surface area contributed by atoms with Gasteiger partial charge in [0.1, 0.15) is 5.78 Å². The number of hydrogen-bond donors (Lipinski definition) is 0. The van der Waals surface area contributed by atoms with Crippen LogP contribution in [0.15, 0.2) is 24.3 Å². The van der Waals surface area contributed by atoms with Gasteiger partial charge >= 0.3 is 0 Å². The molecule has 2 rings (SSSR count). The Balaban J connectivity index is 1.86. The molecule has 118 valence electrons. The predicted octanol–water partition coefficient (Wildman–Crippen LogP) is 1.99. The van der Waals surface area contributed by atoms with Crippen molar-refractivity contribution in [3.8, 4) is 0 Å². The number of carbonyl (C=O) groups excluding carboxylic acids is 3. The number of amides is 2. The van der Waals surface area contributed by atoms with Gasteiger partial charge in [-0.1, -0.05) is 11.6 Å². The van der Waals surface area contributed by atoms with Crippen molar-refractivity contribution in [2.45, 2.75) is 19.8 Å². The van der Waals surface area contributed by atoms with E-state index in [2.05, 4.69) is 0 Å². The quantitative estimate of drug-likeness (QED) is 0.852. The van der Waals surface area contributed by atoms with Crippen LogP contribution in [0.4, 0.5) is 0 Å². The summed E-state index contributed by atoms with van der Waals surface area (Å²) in [5.41, 5.74) is 0.598. The summed E-state index contributed by atoms with van der Waals surface area (Å²) in [7, 11) is 0. The van der Waals surface area contributed by atoms with Crippen molar-refractivity contribution in [2.24, 2.45) is 0 Å². The maximum Gasteiger partial charge on any atom is 0.253 e. The topological polar surface area (TPSA) is 57.7 Å². The van der Waals surface area contributed by atoms with E-state index in [1.165, 1.54) is 6.92 Å². The van der Waals surface area contributed by atoms with E-state index in [0.29, 0.717) is 36.8 Å². The smallest absolute Gasteiger partial charge is 0.253 e. The molecule has 2 amide bonds. The normalized spacial score (nSPS) is 14.8. The number of benzene rings is 1. The van der Waals surface area contributed by atoms with Crippen LogP contribution in [0.5, 0.6) is 0 Å². The number of piperazine rings is 1. The van der Waals surface area contributed by atoms with E-state index in [1.54, 1.807) is 34.1 Å². The number of rotatable bonds is 4. The van der Waals surface area contributed by atoms with Gasteiger partial charge in [0.05, 0.1) is 0 Å². The highest BCUT2D eigenvalue weighted by molar-refractivity contribution is 6.30. The Morgan fingerprint density at radius 1 is 0.955 bits per heavy atom. The summed E-state index contributed by atoms with van der Waals surface area (Å²) < 4.78 is 0. The fraction of sp³-hybridized carbons (Fsp3) is 0.438. The summed E-state index contributed by atoms with van der Waals surface area (Å²) in [5, 5.41) is 0.595. The largest absolute Gasteiger partial charge is 0.339 e. The molecule has 6 heteroatoms. The van der Waals surface area contributed by atoms with Crippen molar-refractivity contribution in [1.82, 2.24) is 9.80 Å². The SMILES string of the molecule is CC(=O)CCC(=O)N1CCN(C(=O)c2ccc(Cl)cc2)CC1. The van der Waals surface area contributed by atoms with Crippen molar-refractivity contribution in [3.05, 3.63) is 34.9 Å². The van der Waals surface area contributed by atoms with Crippen LogP contribution in [-0.4, -0.2) is 53.6 Å². The van der Waals surface area contributed by atoms with Crippen LogP contribution >= 0.6 is 11.6 Å². The summed E-state index contributed by atoms with van der Waals surface area (Å²) in [6, 6.07) is 6.79. The van der Waals surface area contributed by atoms with Crippen LogP contribution in [0.25, 0.3) is 0 Å². The lowest BCUT2D eigenvalue weighted by molar-refractivity contribution is -0.134. The van der Waals surface area contributed by atoms with E-state index in [4.69, 9.17) is 11.6 Å². The zero-order valence-electron chi connectivity index (χ0n) is 12.5. The van der Waals surface area contributed by atoms with Crippen LogP contribution in [0.2, 0.25) is 5.02 Å². The molecule has 1 saturated heterocycles. The van der Waals surface area contributed by atoms with Crippen molar-refractivity contribution in [1.29, 1.82) is 0 Å². The van der Waals surface area contributed by atoms with Crippen molar-refractivity contribution in [2.75, 3.05) is 26.2 Å². The molecule has 0 radical (unpaired) electrons. The summed E-state index contributed by atoms with van der Waals surface area (Å²) in [6.45, 7) is 3.52. The van der Waals surface area contributed by atoms with Crippen molar-refractivity contribution >= 4 is 29.2 Å². The first kappa shape index (κ1) is 16.5. The van der Waals surface area contributed by atoms with Gasteiger partial charge in [0.2, 0.25) is 5.91 Å². The molecule has 1 aliphatic rings. The number of carbonyl (C=O) groups is 3. The van der Waals surface area contributed by atoms with E-state index in [1.807, 2.05) is 0 Å². The Hall–Kier alpha value is -1.88. The monoisotopic (exact) mass is 322 g/mol. The lowest BCUT2D eigenvalue weighted by Gasteiger charge is -2.34. The van der Waals surface area contributed by atoms with Gasteiger partial charge in [0.15, 0.2) is 0 Å². The minimum absolute atomic E-state index is 0.0184. The Kier molecular flexibility index (Phi) is 5.55. The highest BCUT2D eigenvalue weighted by Crippen LogP contribution is 2.13. The third-order valence-electron chi connectivity index (χ3n) is 3.70. The molecule has 1 heterocycles. The average Bonchev–Trinajstić information content (AvgIpc) is 2.53. The van der Waals surface area contributed by atoms with Crippen LogP contribution in [-0.2, 0) is 9.59 Å². The number of hydrogen-bond acceptors (Lipinski definition) is 3. The number of halogens is 1. The lowest BCUT2D eigenvalue weighted by Crippen LogP contribution is -2.50. The molecule has 0 N–H and O–H groups in total. The highest BCUT2D eigenvalue weighted by atomic mass is 35.5. The van der Waals surface area contributed by atoms with E-state index < -0.39 is 0 Å². The minimum atomic E-state index is -0.0486. The average molecular weight is 323 g/mol. The molecule has 1 fully saturated rings. The van der Waals surface area contributed by atoms with Gasteiger partial charge in [-0.25, -0.2) is 0 Å². The van der Waals surface area contributed by atoms with Crippen LogP contribution in [0.1, 0.15) is 30.1 Å². The van der Waals surface area contributed by atoms with Crippen LogP contribution in [0, 0.1) is 0 Å². The highest BCUT2D eigenvalue weighted by Gasteiger charge is 2.24. The van der Waals surface area contributed by atoms with Crippen molar-refractivity contribution in [3.63, 3.8) is 0 Å².